The molecular formula is C32H39NO4S. The van der Waals surface area contributed by atoms with E-state index in [0.29, 0.717) is 24.7 Å². The SMILES string of the molecule is CCO[C@H](Cc1ccc(CCC(OC(=S)NCc2ccc(C(C)(C)C)cc2)c2ccccc2)cc1)C(=O)O. The topological polar surface area (TPSA) is 67.8 Å². The van der Waals surface area contributed by atoms with Crippen LogP contribution in [0.1, 0.15) is 68.0 Å². The van der Waals surface area contributed by atoms with Crippen LogP contribution in [0.4, 0.5) is 0 Å². The number of aryl methyl sites for hydroxylation is 1. The normalized spacial score (nSPS) is 12.9. The van der Waals surface area contributed by atoms with Crippen LogP contribution >= 0.6 is 12.2 Å². The lowest BCUT2D eigenvalue weighted by Gasteiger charge is -2.21. The summed E-state index contributed by atoms with van der Waals surface area (Å²) in [6.07, 6.45) is 0.880. The molecular weight excluding hydrogens is 494 g/mol. The summed E-state index contributed by atoms with van der Waals surface area (Å²) >= 11 is 5.55. The number of hydrogen-bond donors (Lipinski definition) is 2. The van der Waals surface area contributed by atoms with Crippen molar-refractivity contribution < 1.29 is 19.4 Å². The molecule has 38 heavy (non-hydrogen) atoms. The first-order valence-corrected chi connectivity index (χ1v) is 13.6. The number of benzene rings is 3. The summed E-state index contributed by atoms with van der Waals surface area (Å²) in [5, 5.41) is 13.0. The van der Waals surface area contributed by atoms with E-state index in [9.17, 15) is 9.90 Å². The molecule has 1 unspecified atom stereocenters. The van der Waals surface area contributed by atoms with Crippen LogP contribution in [-0.4, -0.2) is 29.0 Å². The number of carboxylic acids is 1. The summed E-state index contributed by atoms with van der Waals surface area (Å²) in [4.78, 5) is 11.4. The second kappa shape index (κ2) is 14.1. The molecule has 0 saturated carbocycles. The Kier molecular flexibility index (Phi) is 10.9. The molecule has 0 aliphatic heterocycles. The van der Waals surface area contributed by atoms with E-state index in [0.717, 1.165) is 35.1 Å². The summed E-state index contributed by atoms with van der Waals surface area (Å²) in [7, 11) is 0. The van der Waals surface area contributed by atoms with Gasteiger partial charge in [0.2, 0.25) is 0 Å². The Morgan fingerprint density at radius 2 is 1.53 bits per heavy atom. The van der Waals surface area contributed by atoms with Gasteiger partial charge < -0.3 is 19.9 Å². The highest BCUT2D eigenvalue weighted by Gasteiger charge is 2.19. The molecule has 2 atom stereocenters. The monoisotopic (exact) mass is 533 g/mol. The van der Waals surface area contributed by atoms with Crippen molar-refractivity contribution in [3.8, 4) is 0 Å². The van der Waals surface area contributed by atoms with Gasteiger partial charge in [0, 0.05) is 19.6 Å². The van der Waals surface area contributed by atoms with Crippen LogP contribution in [0.2, 0.25) is 0 Å². The second-order valence-corrected chi connectivity index (χ2v) is 10.8. The molecule has 0 fully saturated rings. The fraction of sp³-hybridized carbons (Fsp3) is 0.375. The second-order valence-electron chi connectivity index (χ2n) is 10.4. The van der Waals surface area contributed by atoms with Gasteiger partial charge >= 0.3 is 5.97 Å². The first-order valence-electron chi connectivity index (χ1n) is 13.2. The lowest BCUT2D eigenvalue weighted by atomic mass is 9.87. The van der Waals surface area contributed by atoms with Crippen molar-refractivity contribution in [1.82, 2.24) is 5.32 Å². The average molecular weight is 534 g/mol. The van der Waals surface area contributed by atoms with Gasteiger partial charge in [0.15, 0.2) is 6.10 Å². The minimum atomic E-state index is -0.940. The maximum atomic E-state index is 11.4. The quantitative estimate of drug-likeness (QED) is 0.250. The fourth-order valence-electron chi connectivity index (χ4n) is 4.20. The molecule has 0 heterocycles. The van der Waals surface area contributed by atoms with Gasteiger partial charge in [0.05, 0.1) is 0 Å². The number of rotatable bonds is 12. The van der Waals surface area contributed by atoms with Crippen LogP contribution < -0.4 is 5.32 Å². The van der Waals surface area contributed by atoms with Gasteiger partial charge in [-0.05, 0) is 65.2 Å². The summed E-state index contributed by atoms with van der Waals surface area (Å²) in [6.45, 7) is 9.40. The minimum absolute atomic E-state index is 0.123. The Balaban J connectivity index is 1.58. The number of nitrogens with one attached hydrogen (secondary N) is 1. The first-order chi connectivity index (χ1) is 18.2. The molecule has 6 heteroatoms. The number of carbonyl (C=O) groups is 1. The van der Waals surface area contributed by atoms with Crippen LogP contribution in [-0.2, 0) is 39.1 Å². The molecule has 0 bridgehead atoms. The highest BCUT2D eigenvalue weighted by Crippen LogP contribution is 2.25. The van der Waals surface area contributed by atoms with Crippen molar-refractivity contribution in [2.24, 2.45) is 0 Å². The molecule has 3 aromatic rings. The summed E-state index contributed by atoms with van der Waals surface area (Å²) < 4.78 is 11.6. The van der Waals surface area contributed by atoms with Gasteiger partial charge in [-0.3, -0.25) is 0 Å². The molecule has 0 aliphatic rings. The Labute approximate surface area is 232 Å². The van der Waals surface area contributed by atoms with Gasteiger partial charge in [-0.15, -0.1) is 0 Å². The smallest absolute Gasteiger partial charge is 0.333 e. The molecule has 3 rings (SSSR count). The molecule has 0 amide bonds. The Bertz CT molecular complexity index is 1150. The van der Waals surface area contributed by atoms with E-state index in [2.05, 4.69) is 62.5 Å². The van der Waals surface area contributed by atoms with Gasteiger partial charge in [-0.25, -0.2) is 4.79 Å². The van der Waals surface area contributed by atoms with E-state index in [-0.39, 0.29) is 11.5 Å². The third-order valence-electron chi connectivity index (χ3n) is 6.46. The summed E-state index contributed by atoms with van der Waals surface area (Å²) in [5.74, 6) is -0.940. The van der Waals surface area contributed by atoms with Crippen LogP contribution in [0.5, 0.6) is 0 Å². The zero-order valence-electron chi connectivity index (χ0n) is 22.8. The zero-order chi connectivity index (χ0) is 27.5. The van der Waals surface area contributed by atoms with Gasteiger partial charge in [0.1, 0.15) is 6.10 Å². The maximum absolute atomic E-state index is 11.4. The van der Waals surface area contributed by atoms with Crippen molar-refractivity contribution >= 4 is 23.4 Å². The van der Waals surface area contributed by atoms with Crippen molar-refractivity contribution in [2.75, 3.05) is 6.61 Å². The fourth-order valence-corrected chi connectivity index (χ4v) is 4.39. The van der Waals surface area contributed by atoms with E-state index in [4.69, 9.17) is 21.7 Å². The Morgan fingerprint density at radius 1 is 0.921 bits per heavy atom. The van der Waals surface area contributed by atoms with Crippen molar-refractivity contribution in [1.29, 1.82) is 0 Å². The Morgan fingerprint density at radius 3 is 2.11 bits per heavy atom. The molecule has 2 N–H and O–H groups in total. The number of thiocarbonyl (C=S) groups is 1. The Hall–Kier alpha value is -3.22. The molecule has 0 spiro atoms. The van der Waals surface area contributed by atoms with Crippen molar-refractivity contribution in [3.63, 3.8) is 0 Å². The molecule has 5 nitrogen and oxygen atoms in total. The van der Waals surface area contributed by atoms with Gasteiger partial charge in [-0.1, -0.05) is 99.6 Å². The summed E-state index contributed by atoms with van der Waals surface area (Å²) in [5.41, 5.74) is 5.73. The van der Waals surface area contributed by atoms with Crippen molar-refractivity contribution in [3.05, 3.63) is 107 Å². The average Bonchev–Trinajstić information content (AvgIpc) is 2.90. The van der Waals surface area contributed by atoms with Crippen LogP contribution in [0.15, 0.2) is 78.9 Å². The van der Waals surface area contributed by atoms with Crippen LogP contribution in [0, 0.1) is 0 Å². The summed E-state index contributed by atoms with van der Waals surface area (Å²) in [6, 6.07) is 26.7. The minimum Gasteiger partial charge on any atom is -0.479 e. The van der Waals surface area contributed by atoms with E-state index in [1.54, 1.807) is 6.92 Å². The van der Waals surface area contributed by atoms with Crippen LogP contribution in [0.3, 0.4) is 0 Å². The predicted octanol–water partition coefficient (Wildman–Crippen LogP) is 6.78. The van der Waals surface area contributed by atoms with E-state index in [1.807, 2.05) is 42.5 Å². The number of hydrogen-bond acceptors (Lipinski definition) is 4. The van der Waals surface area contributed by atoms with Gasteiger partial charge in [0.25, 0.3) is 5.17 Å². The third kappa shape index (κ3) is 9.26. The standard InChI is InChI=1S/C32H39NO4S/c1-5-36-29(30(34)35)21-24-13-11-23(12-14-24)17-20-28(26-9-7-6-8-10-26)37-31(38)33-22-25-15-18-27(19-16-25)32(2,3)4/h6-16,18-19,28-29H,5,17,20-22H2,1-4H3,(H,33,38)(H,34,35)/t28?,29-/m1/s1. The molecule has 0 radical (unpaired) electrons. The van der Waals surface area contributed by atoms with E-state index < -0.39 is 12.1 Å². The highest BCUT2D eigenvalue weighted by molar-refractivity contribution is 7.80. The lowest BCUT2D eigenvalue weighted by molar-refractivity contribution is -0.149. The molecule has 0 aliphatic carbocycles. The molecule has 3 aromatic carbocycles. The predicted molar refractivity (Wildman–Crippen MR) is 156 cm³/mol. The van der Waals surface area contributed by atoms with E-state index in [1.165, 1.54) is 5.56 Å². The highest BCUT2D eigenvalue weighted by atomic mass is 32.1. The zero-order valence-corrected chi connectivity index (χ0v) is 23.6. The first kappa shape index (κ1) is 29.3. The maximum Gasteiger partial charge on any atom is 0.333 e. The van der Waals surface area contributed by atoms with Gasteiger partial charge in [-0.2, -0.15) is 0 Å². The van der Waals surface area contributed by atoms with Crippen LogP contribution in [0.25, 0.3) is 0 Å². The van der Waals surface area contributed by atoms with Crippen molar-refractivity contribution in [2.45, 2.75) is 71.1 Å². The number of ether oxygens (including phenoxy) is 2. The number of aliphatic carboxylic acids is 1. The molecule has 0 saturated heterocycles. The van der Waals surface area contributed by atoms with E-state index >= 15 is 0 Å². The number of carboxylic acid groups (broad SMARTS) is 1. The largest absolute Gasteiger partial charge is 0.479 e. The molecule has 202 valence electrons. The lowest BCUT2D eigenvalue weighted by Crippen LogP contribution is -2.26. The molecule has 0 aromatic heterocycles. The third-order valence-corrected chi connectivity index (χ3v) is 6.70.